The lowest BCUT2D eigenvalue weighted by Crippen LogP contribution is -2.25. The van der Waals surface area contributed by atoms with Gasteiger partial charge in [0.25, 0.3) is 0 Å². The maximum Gasteiger partial charge on any atom is 0.138 e. The van der Waals surface area contributed by atoms with Crippen molar-refractivity contribution >= 4 is 0 Å². The standard InChI is InChI=1S/C17H18F2N2O2/c1-10-2-5-17(23)15(20-10)9-21-8-12(22)7-16(21)13-6-11(18)3-4-14(13)19/h2-6,12,16,22-23H,7-9H2,1H3. The Hall–Kier alpha value is -2.05. The van der Waals surface area contributed by atoms with Gasteiger partial charge in [-0.3, -0.25) is 9.88 Å². The molecule has 2 heterocycles. The Kier molecular flexibility index (Phi) is 4.28. The van der Waals surface area contributed by atoms with E-state index in [0.29, 0.717) is 18.7 Å². The maximum atomic E-state index is 14.1. The fourth-order valence-corrected chi connectivity index (χ4v) is 3.06. The molecule has 2 atom stereocenters. The number of β-amino-alcohol motifs (C(OH)–C–C–N with tert-alkyl or cyclic N) is 1. The molecule has 6 heteroatoms. The Balaban J connectivity index is 1.91. The van der Waals surface area contributed by atoms with Gasteiger partial charge in [-0.05, 0) is 43.7 Å². The molecule has 4 nitrogen and oxygen atoms in total. The zero-order valence-electron chi connectivity index (χ0n) is 12.7. The molecule has 3 rings (SSSR count). The summed E-state index contributed by atoms with van der Waals surface area (Å²) >= 11 is 0. The molecule has 0 radical (unpaired) electrons. The first-order valence-electron chi connectivity index (χ1n) is 7.46. The third-order valence-corrected chi connectivity index (χ3v) is 4.14. The summed E-state index contributed by atoms with van der Waals surface area (Å²) in [7, 11) is 0. The number of pyridine rings is 1. The summed E-state index contributed by atoms with van der Waals surface area (Å²) in [4.78, 5) is 6.10. The molecule has 1 aromatic heterocycles. The van der Waals surface area contributed by atoms with Crippen molar-refractivity contribution in [3.05, 3.63) is 58.9 Å². The van der Waals surface area contributed by atoms with Crippen LogP contribution in [0.1, 0.15) is 29.4 Å². The Morgan fingerprint density at radius 2 is 2.04 bits per heavy atom. The Labute approximate surface area is 133 Å². The van der Waals surface area contributed by atoms with Gasteiger partial charge in [-0.1, -0.05) is 0 Å². The van der Waals surface area contributed by atoms with Crippen LogP contribution in [0.25, 0.3) is 0 Å². The fraction of sp³-hybridized carbons (Fsp3) is 0.353. The van der Waals surface area contributed by atoms with E-state index >= 15 is 0 Å². The lowest BCUT2D eigenvalue weighted by atomic mass is 10.0. The number of hydrogen-bond acceptors (Lipinski definition) is 4. The number of aromatic nitrogens is 1. The number of halogens is 2. The molecule has 2 aromatic rings. The first-order chi connectivity index (χ1) is 10.9. The van der Waals surface area contributed by atoms with Crippen LogP contribution in [0.4, 0.5) is 8.78 Å². The topological polar surface area (TPSA) is 56.6 Å². The van der Waals surface area contributed by atoms with Crippen molar-refractivity contribution in [3.8, 4) is 5.75 Å². The van der Waals surface area contributed by atoms with Gasteiger partial charge in [-0.15, -0.1) is 0 Å². The van der Waals surface area contributed by atoms with E-state index in [9.17, 15) is 19.0 Å². The second kappa shape index (κ2) is 6.22. The van der Waals surface area contributed by atoms with E-state index in [2.05, 4.69) is 4.98 Å². The Bertz CT molecular complexity index is 724. The molecular weight excluding hydrogens is 302 g/mol. The van der Waals surface area contributed by atoms with Crippen molar-refractivity contribution in [2.24, 2.45) is 0 Å². The van der Waals surface area contributed by atoms with Gasteiger partial charge in [0.15, 0.2) is 0 Å². The van der Waals surface area contributed by atoms with Gasteiger partial charge in [0.2, 0.25) is 0 Å². The highest BCUT2D eigenvalue weighted by Crippen LogP contribution is 2.35. The average molecular weight is 320 g/mol. The van der Waals surface area contributed by atoms with Crippen molar-refractivity contribution in [1.82, 2.24) is 9.88 Å². The number of likely N-dealkylation sites (tertiary alicyclic amines) is 1. The maximum absolute atomic E-state index is 14.1. The minimum Gasteiger partial charge on any atom is -0.506 e. The highest BCUT2D eigenvalue weighted by Gasteiger charge is 2.34. The van der Waals surface area contributed by atoms with E-state index in [0.717, 1.165) is 23.9 Å². The molecule has 1 saturated heterocycles. The molecule has 122 valence electrons. The number of aliphatic hydroxyl groups excluding tert-OH is 1. The van der Waals surface area contributed by atoms with Crippen molar-refractivity contribution in [2.45, 2.75) is 32.0 Å². The van der Waals surface area contributed by atoms with Gasteiger partial charge in [0, 0.05) is 30.4 Å². The quantitative estimate of drug-likeness (QED) is 0.913. The summed E-state index contributed by atoms with van der Waals surface area (Å²) in [5.74, 6) is -0.966. The minimum absolute atomic E-state index is 0.0513. The summed E-state index contributed by atoms with van der Waals surface area (Å²) in [6, 6.07) is 6.12. The first kappa shape index (κ1) is 15.8. The number of aromatic hydroxyl groups is 1. The molecule has 1 aliphatic heterocycles. The molecule has 2 N–H and O–H groups in total. The van der Waals surface area contributed by atoms with Crippen LogP contribution in [0.3, 0.4) is 0 Å². The summed E-state index contributed by atoms with van der Waals surface area (Å²) in [5.41, 5.74) is 1.43. The van der Waals surface area contributed by atoms with Crippen LogP contribution in [0.15, 0.2) is 30.3 Å². The third-order valence-electron chi connectivity index (χ3n) is 4.14. The van der Waals surface area contributed by atoms with Crippen LogP contribution in [-0.4, -0.2) is 32.7 Å². The predicted molar refractivity (Wildman–Crippen MR) is 80.8 cm³/mol. The van der Waals surface area contributed by atoms with Crippen molar-refractivity contribution in [1.29, 1.82) is 0 Å². The van der Waals surface area contributed by atoms with Crippen molar-refractivity contribution in [3.63, 3.8) is 0 Å². The molecule has 0 aliphatic carbocycles. The van der Waals surface area contributed by atoms with Gasteiger partial charge in [-0.25, -0.2) is 8.78 Å². The highest BCUT2D eigenvalue weighted by atomic mass is 19.1. The highest BCUT2D eigenvalue weighted by molar-refractivity contribution is 5.29. The van der Waals surface area contributed by atoms with E-state index in [4.69, 9.17) is 0 Å². The van der Waals surface area contributed by atoms with E-state index in [1.165, 1.54) is 0 Å². The fourth-order valence-electron chi connectivity index (χ4n) is 3.06. The molecule has 0 spiro atoms. The van der Waals surface area contributed by atoms with E-state index in [-0.39, 0.29) is 17.9 Å². The van der Waals surface area contributed by atoms with Gasteiger partial charge in [0.1, 0.15) is 17.4 Å². The van der Waals surface area contributed by atoms with E-state index in [1.54, 1.807) is 12.1 Å². The molecule has 0 saturated carbocycles. The lowest BCUT2D eigenvalue weighted by Gasteiger charge is -2.25. The zero-order valence-corrected chi connectivity index (χ0v) is 12.7. The monoisotopic (exact) mass is 320 g/mol. The number of benzene rings is 1. The molecule has 1 aliphatic rings. The van der Waals surface area contributed by atoms with Crippen LogP contribution in [0.5, 0.6) is 5.75 Å². The third kappa shape index (κ3) is 3.33. The average Bonchev–Trinajstić information content (AvgIpc) is 2.86. The molecule has 1 aromatic carbocycles. The largest absolute Gasteiger partial charge is 0.506 e. The number of aliphatic hydroxyl groups is 1. The second-order valence-electron chi connectivity index (χ2n) is 5.92. The minimum atomic E-state index is -0.630. The lowest BCUT2D eigenvalue weighted by molar-refractivity contribution is 0.171. The smallest absolute Gasteiger partial charge is 0.138 e. The molecule has 0 bridgehead atoms. The van der Waals surface area contributed by atoms with Crippen molar-refractivity contribution < 1.29 is 19.0 Å². The number of aryl methyl sites for hydroxylation is 1. The van der Waals surface area contributed by atoms with Crippen LogP contribution in [0.2, 0.25) is 0 Å². The number of nitrogens with zero attached hydrogens (tertiary/aromatic N) is 2. The zero-order chi connectivity index (χ0) is 16.6. The first-order valence-corrected chi connectivity index (χ1v) is 7.46. The second-order valence-corrected chi connectivity index (χ2v) is 5.92. The number of hydrogen-bond donors (Lipinski definition) is 2. The predicted octanol–water partition coefficient (Wildman–Crippen LogP) is 2.68. The Morgan fingerprint density at radius 3 is 2.83 bits per heavy atom. The van der Waals surface area contributed by atoms with Gasteiger partial charge in [0.05, 0.1) is 11.8 Å². The van der Waals surface area contributed by atoms with Gasteiger partial charge >= 0.3 is 0 Å². The van der Waals surface area contributed by atoms with Gasteiger partial charge < -0.3 is 10.2 Å². The molecule has 0 amide bonds. The Morgan fingerprint density at radius 1 is 1.26 bits per heavy atom. The molecule has 1 fully saturated rings. The van der Waals surface area contributed by atoms with Crippen LogP contribution >= 0.6 is 0 Å². The number of rotatable bonds is 3. The van der Waals surface area contributed by atoms with Crippen LogP contribution < -0.4 is 0 Å². The van der Waals surface area contributed by atoms with Crippen LogP contribution in [-0.2, 0) is 6.54 Å². The summed E-state index contributed by atoms with van der Waals surface area (Å²) in [6.45, 7) is 2.38. The van der Waals surface area contributed by atoms with E-state index < -0.39 is 23.8 Å². The molecule has 23 heavy (non-hydrogen) atoms. The summed E-state index contributed by atoms with van der Waals surface area (Å²) in [5, 5.41) is 19.9. The van der Waals surface area contributed by atoms with Crippen molar-refractivity contribution in [2.75, 3.05) is 6.54 Å². The SMILES string of the molecule is Cc1ccc(O)c(CN2CC(O)CC2c2cc(F)ccc2F)n1. The van der Waals surface area contributed by atoms with E-state index in [1.807, 2.05) is 11.8 Å². The normalized spacial score (nSPS) is 21.7. The molecular formula is C17H18F2N2O2. The molecule has 2 unspecified atom stereocenters. The summed E-state index contributed by atoms with van der Waals surface area (Å²) in [6.07, 6.45) is -0.318. The van der Waals surface area contributed by atoms with Gasteiger partial charge in [-0.2, -0.15) is 0 Å². The summed E-state index contributed by atoms with van der Waals surface area (Å²) < 4.78 is 27.5. The van der Waals surface area contributed by atoms with Crippen LogP contribution in [0, 0.1) is 18.6 Å².